The van der Waals surface area contributed by atoms with Gasteiger partial charge in [-0.05, 0) is 44.6 Å². The second-order valence-electron chi connectivity index (χ2n) is 3.75. The van der Waals surface area contributed by atoms with Crippen LogP contribution in [0.5, 0.6) is 0 Å². The molecule has 0 saturated carbocycles. The van der Waals surface area contributed by atoms with E-state index in [0.717, 1.165) is 16.9 Å². The number of rotatable bonds is 5. The number of hydrogen-bond acceptors (Lipinski definition) is 1. The van der Waals surface area contributed by atoms with Crippen LogP contribution < -0.4 is 0 Å². The van der Waals surface area contributed by atoms with Gasteiger partial charge in [0.2, 0.25) is 0 Å². The first-order chi connectivity index (χ1) is 7.15. The second-order valence-corrected chi connectivity index (χ2v) is 4.98. The Morgan fingerprint density at radius 1 is 1.47 bits per heavy atom. The third-order valence-electron chi connectivity index (χ3n) is 2.64. The van der Waals surface area contributed by atoms with E-state index in [0.29, 0.717) is 6.04 Å². The smallest absolute Gasteiger partial charge is 0.0409 e. The van der Waals surface area contributed by atoms with Crippen molar-refractivity contribution < 1.29 is 0 Å². The summed E-state index contributed by atoms with van der Waals surface area (Å²) in [6.07, 6.45) is 1.17. The molecule has 0 radical (unpaired) electrons. The Balaban J connectivity index is 2.62. The van der Waals surface area contributed by atoms with Crippen LogP contribution in [0, 0.1) is 0 Å². The van der Waals surface area contributed by atoms with Gasteiger partial charge in [-0.25, -0.2) is 0 Å². The lowest BCUT2D eigenvalue weighted by Crippen LogP contribution is -2.23. The molecule has 0 bridgehead atoms. The van der Waals surface area contributed by atoms with Gasteiger partial charge in [-0.2, -0.15) is 0 Å². The average Bonchev–Trinajstić information content (AvgIpc) is 2.24. The highest BCUT2D eigenvalue weighted by Gasteiger charge is 2.10. The Kier molecular flexibility index (Phi) is 5.65. The molecule has 0 heterocycles. The molecule has 1 aromatic carbocycles. The van der Waals surface area contributed by atoms with E-state index < -0.39 is 0 Å². The van der Waals surface area contributed by atoms with E-state index >= 15 is 0 Å². The summed E-state index contributed by atoms with van der Waals surface area (Å²) in [5.74, 6) is 0. The van der Waals surface area contributed by atoms with Crippen molar-refractivity contribution in [3.05, 3.63) is 34.9 Å². The fraction of sp³-hybridized carbons (Fsp3) is 0.500. The van der Waals surface area contributed by atoms with Crippen molar-refractivity contribution >= 4 is 27.5 Å². The van der Waals surface area contributed by atoms with Gasteiger partial charge in [0.1, 0.15) is 0 Å². The molecule has 0 spiro atoms. The van der Waals surface area contributed by atoms with Crippen LogP contribution in [0.3, 0.4) is 0 Å². The lowest BCUT2D eigenvalue weighted by molar-refractivity contribution is 0.263. The molecule has 15 heavy (non-hydrogen) atoms. The van der Waals surface area contributed by atoms with Gasteiger partial charge >= 0.3 is 0 Å². The molecule has 0 fully saturated rings. The van der Waals surface area contributed by atoms with Crippen LogP contribution in [-0.4, -0.2) is 23.8 Å². The predicted octanol–water partition coefficient (Wildman–Crippen LogP) is 4.12. The first-order valence-corrected chi connectivity index (χ1v) is 6.66. The highest BCUT2D eigenvalue weighted by Crippen LogP contribution is 2.21. The van der Waals surface area contributed by atoms with E-state index in [2.05, 4.69) is 40.9 Å². The standard InChI is InChI=1S/C12H17BrClN/c1-10(15(2)8-4-7-13)11-5-3-6-12(14)9-11/h3,5-6,9-10H,4,7-8H2,1-2H3. The molecule has 0 aliphatic carbocycles. The van der Waals surface area contributed by atoms with E-state index in [1.807, 2.05) is 18.2 Å². The number of nitrogens with zero attached hydrogens (tertiary/aromatic N) is 1. The monoisotopic (exact) mass is 289 g/mol. The molecule has 0 N–H and O–H groups in total. The molecule has 0 amide bonds. The normalized spacial score (nSPS) is 13.1. The van der Waals surface area contributed by atoms with Crippen molar-refractivity contribution in [1.29, 1.82) is 0 Å². The SMILES string of the molecule is CC(c1cccc(Cl)c1)N(C)CCCBr. The lowest BCUT2D eigenvalue weighted by Gasteiger charge is -2.24. The second kappa shape index (κ2) is 6.51. The third kappa shape index (κ3) is 4.13. The largest absolute Gasteiger partial charge is 0.300 e. The van der Waals surface area contributed by atoms with E-state index in [9.17, 15) is 0 Å². The van der Waals surface area contributed by atoms with Crippen molar-refractivity contribution in [3.63, 3.8) is 0 Å². The Bertz CT molecular complexity index is 303. The maximum absolute atomic E-state index is 5.97. The van der Waals surface area contributed by atoms with E-state index in [-0.39, 0.29) is 0 Å². The van der Waals surface area contributed by atoms with Gasteiger partial charge in [0.15, 0.2) is 0 Å². The zero-order valence-electron chi connectivity index (χ0n) is 9.21. The van der Waals surface area contributed by atoms with Crippen molar-refractivity contribution in [2.24, 2.45) is 0 Å². The minimum Gasteiger partial charge on any atom is -0.300 e. The van der Waals surface area contributed by atoms with Gasteiger partial charge < -0.3 is 0 Å². The molecule has 0 aliphatic rings. The fourth-order valence-corrected chi connectivity index (χ4v) is 1.97. The highest BCUT2D eigenvalue weighted by molar-refractivity contribution is 9.09. The van der Waals surface area contributed by atoms with Gasteiger partial charge in [0.05, 0.1) is 0 Å². The van der Waals surface area contributed by atoms with Crippen LogP contribution in [0.25, 0.3) is 0 Å². The maximum Gasteiger partial charge on any atom is 0.0409 e. The molecule has 1 atom stereocenters. The van der Waals surface area contributed by atoms with Crippen molar-refractivity contribution in [2.75, 3.05) is 18.9 Å². The Hall–Kier alpha value is -0.0500. The van der Waals surface area contributed by atoms with Crippen LogP contribution in [0.4, 0.5) is 0 Å². The van der Waals surface area contributed by atoms with E-state index in [1.165, 1.54) is 12.0 Å². The number of halogens is 2. The van der Waals surface area contributed by atoms with Gasteiger partial charge in [-0.1, -0.05) is 39.7 Å². The summed E-state index contributed by atoms with van der Waals surface area (Å²) in [7, 11) is 2.15. The third-order valence-corrected chi connectivity index (χ3v) is 3.43. The van der Waals surface area contributed by atoms with E-state index in [4.69, 9.17) is 11.6 Å². The van der Waals surface area contributed by atoms with Crippen molar-refractivity contribution in [2.45, 2.75) is 19.4 Å². The Morgan fingerprint density at radius 3 is 2.80 bits per heavy atom. The first-order valence-electron chi connectivity index (χ1n) is 5.17. The molecular weight excluding hydrogens is 273 g/mol. The van der Waals surface area contributed by atoms with Gasteiger partial charge in [0.25, 0.3) is 0 Å². The lowest BCUT2D eigenvalue weighted by atomic mass is 10.1. The predicted molar refractivity (Wildman–Crippen MR) is 70.9 cm³/mol. The van der Waals surface area contributed by atoms with Crippen LogP contribution >= 0.6 is 27.5 Å². The summed E-state index contributed by atoms with van der Waals surface area (Å²) < 4.78 is 0. The molecule has 1 unspecified atom stereocenters. The van der Waals surface area contributed by atoms with Crippen molar-refractivity contribution in [3.8, 4) is 0 Å². The minimum atomic E-state index is 0.419. The Labute approximate surface area is 106 Å². The zero-order chi connectivity index (χ0) is 11.3. The highest BCUT2D eigenvalue weighted by atomic mass is 79.9. The molecule has 3 heteroatoms. The molecule has 1 nitrogen and oxygen atoms in total. The Morgan fingerprint density at radius 2 is 2.20 bits per heavy atom. The fourth-order valence-electron chi connectivity index (χ4n) is 1.52. The van der Waals surface area contributed by atoms with Gasteiger partial charge in [-0.3, -0.25) is 4.90 Å². The molecule has 1 rings (SSSR count). The number of benzene rings is 1. The molecule has 0 aromatic heterocycles. The van der Waals surface area contributed by atoms with Gasteiger partial charge in [0, 0.05) is 16.4 Å². The molecule has 0 aliphatic heterocycles. The molecule has 0 saturated heterocycles. The zero-order valence-corrected chi connectivity index (χ0v) is 11.6. The van der Waals surface area contributed by atoms with Crippen molar-refractivity contribution in [1.82, 2.24) is 4.90 Å². The van der Waals surface area contributed by atoms with E-state index in [1.54, 1.807) is 0 Å². The number of hydrogen-bond donors (Lipinski definition) is 0. The minimum absolute atomic E-state index is 0.419. The average molecular weight is 291 g/mol. The summed E-state index contributed by atoms with van der Waals surface area (Å²) in [5.41, 5.74) is 1.28. The first kappa shape index (κ1) is 13.0. The van der Waals surface area contributed by atoms with Crippen LogP contribution in [0.1, 0.15) is 24.9 Å². The summed E-state index contributed by atoms with van der Waals surface area (Å²) >= 11 is 9.42. The van der Waals surface area contributed by atoms with Gasteiger partial charge in [-0.15, -0.1) is 0 Å². The molecule has 1 aromatic rings. The molecule has 84 valence electrons. The topological polar surface area (TPSA) is 3.24 Å². The summed E-state index contributed by atoms with van der Waals surface area (Å²) in [6.45, 7) is 3.30. The van der Waals surface area contributed by atoms with Crippen LogP contribution in [-0.2, 0) is 0 Å². The summed E-state index contributed by atoms with van der Waals surface area (Å²) in [5, 5.41) is 1.87. The molecular formula is C12H17BrClN. The quantitative estimate of drug-likeness (QED) is 0.737. The number of alkyl halides is 1. The summed E-state index contributed by atoms with van der Waals surface area (Å²) in [4.78, 5) is 2.34. The maximum atomic E-state index is 5.97. The summed E-state index contributed by atoms with van der Waals surface area (Å²) in [6, 6.07) is 8.50. The van der Waals surface area contributed by atoms with Crippen LogP contribution in [0.15, 0.2) is 24.3 Å². The van der Waals surface area contributed by atoms with Crippen LogP contribution in [0.2, 0.25) is 5.02 Å².